The number of morpholine rings is 1. The van der Waals surface area contributed by atoms with Gasteiger partial charge in [-0.25, -0.2) is 0 Å². The average Bonchev–Trinajstić information content (AvgIpc) is 2.40. The van der Waals surface area contributed by atoms with Gasteiger partial charge in [-0.15, -0.1) is 0 Å². The zero-order valence-electron chi connectivity index (χ0n) is 12.6. The molecular formula is C18H25NO. The molecule has 2 unspecified atom stereocenters. The highest BCUT2D eigenvalue weighted by Crippen LogP contribution is 2.31. The Balaban J connectivity index is 1.74. The maximum Gasteiger partial charge on any atom is 0.0658 e. The Morgan fingerprint density at radius 3 is 2.70 bits per heavy atom. The lowest BCUT2D eigenvalue weighted by Gasteiger charge is -2.45. The van der Waals surface area contributed by atoms with Crippen LogP contribution in [0.3, 0.4) is 0 Å². The Hall–Kier alpha value is -1.12. The second-order valence-electron chi connectivity index (χ2n) is 6.54. The van der Waals surface area contributed by atoms with Gasteiger partial charge in [-0.05, 0) is 24.3 Å². The van der Waals surface area contributed by atoms with Crippen molar-refractivity contribution in [3.8, 4) is 0 Å². The first-order chi connectivity index (χ1) is 9.72. The topological polar surface area (TPSA) is 12.5 Å². The maximum atomic E-state index is 5.77. The second kappa shape index (κ2) is 6.11. The van der Waals surface area contributed by atoms with Gasteiger partial charge in [-0.3, -0.25) is 4.90 Å². The van der Waals surface area contributed by atoms with Crippen molar-refractivity contribution in [3.05, 3.63) is 47.5 Å². The molecule has 0 radical (unpaired) electrons. The summed E-state index contributed by atoms with van der Waals surface area (Å²) in [6.07, 6.45) is 4.90. The Labute approximate surface area is 122 Å². The van der Waals surface area contributed by atoms with Crippen LogP contribution >= 0.6 is 0 Å². The molecule has 2 bridgehead atoms. The fourth-order valence-corrected chi connectivity index (χ4v) is 3.47. The van der Waals surface area contributed by atoms with Crippen LogP contribution in [0, 0.1) is 5.92 Å². The molecule has 0 saturated carbocycles. The molecule has 0 amide bonds. The molecule has 1 aromatic rings. The fraction of sp³-hybridized carbons (Fsp3) is 0.556. The number of benzene rings is 1. The highest BCUT2D eigenvalue weighted by atomic mass is 16.5. The largest absolute Gasteiger partial charge is 0.378 e. The lowest BCUT2D eigenvalue weighted by molar-refractivity contribution is -0.0444. The van der Waals surface area contributed by atoms with Gasteiger partial charge in [0, 0.05) is 12.6 Å². The van der Waals surface area contributed by atoms with E-state index in [0.29, 0.717) is 12.1 Å². The van der Waals surface area contributed by atoms with Crippen LogP contribution in [0.25, 0.3) is 0 Å². The number of nitrogens with zero attached hydrogens (tertiary/aromatic N) is 1. The van der Waals surface area contributed by atoms with E-state index < -0.39 is 0 Å². The van der Waals surface area contributed by atoms with Gasteiger partial charge in [0.1, 0.15) is 0 Å². The quantitative estimate of drug-likeness (QED) is 0.775. The van der Waals surface area contributed by atoms with Crippen molar-refractivity contribution in [2.24, 2.45) is 5.92 Å². The van der Waals surface area contributed by atoms with E-state index in [2.05, 4.69) is 55.2 Å². The SMILES string of the molecule is CC(C)CC1=CC2COCC(C1)N2Cc1ccccc1. The number of hydrogen-bond donors (Lipinski definition) is 0. The van der Waals surface area contributed by atoms with Crippen LogP contribution in [0.2, 0.25) is 0 Å². The van der Waals surface area contributed by atoms with Gasteiger partial charge in [0.15, 0.2) is 0 Å². The van der Waals surface area contributed by atoms with Gasteiger partial charge in [-0.1, -0.05) is 55.8 Å². The molecular weight excluding hydrogens is 246 g/mol. The Morgan fingerprint density at radius 2 is 2.00 bits per heavy atom. The number of rotatable bonds is 4. The first-order valence-corrected chi connectivity index (χ1v) is 7.79. The summed E-state index contributed by atoms with van der Waals surface area (Å²) in [5.74, 6) is 0.753. The Bertz CT molecular complexity index is 466. The number of ether oxygens (including phenoxy) is 1. The van der Waals surface area contributed by atoms with Crippen LogP contribution in [0.4, 0.5) is 0 Å². The number of hydrogen-bond acceptors (Lipinski definition) is 2. The van der Waals surface area contributed by atoms with Gasteiger partial charge >= 0.3 is 0 Å². The summed E-state index contributed by atoms with van der Waals surface area (Å²) in [4.78, 5) is 2.63. The summed E-state index contributed by atoms with van der Waals surface area (Å²) in [6.45, 7) is 7.40. The van der Waals surface area contributed by atoms with E-state index in [-0.39, 0.29) is 0 Å². The minimum absolute atomic E-state index is 0.469. The molecule has 2 heterocycles. The molecule has 2 aliphatic rings. The first kappa shape index (κ1) is 13.8. The molecule has 1 fully saturated rings. The summed E-state index contributed by atoms with van der Waals surface area (Å²) in [7, 11) is 0. The third-order valence-corrected chi connectivity index (χ3v) is 4.30. The van der Waals surface area contributed by atoms with Crippen molar-refractivity contribution in [3.63, 3.8) is 0 Å². The van der Waals surface area contributed by atoms with Crippen LogP contribution < -0.4 is 0 Å². The van der Waals surface area contributed by atoms with E-state index >= 15 is 0 Å². The van der Waals surface area contributed by atoms with E-state index in [1.165, 1.54) is 18.4 Å². The normalized spacial score (nSPS) is 26.6. The molecule has 0 aromatic heterocycles. The fourth-order valence-electron chi connectivity index (χ4n) is 3.47. The molecule has 0 aliphatic carbocycles. The average molecular weight is 271 g/mol. The number of fused-ring (bicyclic) bond motifs is 2. The van der Waals surface area contributed by atoms with Crippen LogP contribution in [0.5, 0.6) is 0 Å². The molecule has 20 heavy (non-hydrogen) atoms. The summed E-state index contributed by atoms with van der Waals surface area (Å²) >= 11 is 0. The highest BCUT2D eigenvalue weighted by molar-refractivity contribution is 5.20. The third-order valence-electron chi connectivity index (χ3n) is 4.30. The van der Waals surface area contributed by atoms with E-state index in [1.807, 2.05) is 0 Å². The molecule has 108 valence electrons. The van der Waals surface area contributed by atoms with Crippen molar-refractivity contribution >= 4 is 0 Å². The minimum atomic E-state index is 0.469. The predicted octanol–water partition coefficient (Wildman–Crippen LogP) is 3.63. The van der Waals surface area contributed by atoms with Crippen molar-refractivity contribution in [2.45, 2.75) is 45.3 Å². The van der Waals surface area contributed by atoms with E-state index in [4.69, 9.17) is 4.74 Å². The molecule has 3 rings (SSSR count). The van der Waals surface area contributed by atoms with Gasteiger partial charge in [0.05, 0.1) is 19.3 Å². The zero-order valence-corrected chi connectivity index (χ0v) is 12.6. The van der Waals surface area contributed by atoms with Gasteiger partial charge in [0.25, 0.3) is 0 Å². The lowest BCUT2D eigenvalue weighted by atomic mass is 9.89. The molecule has 0 N–H and O–H groups in total. The van der Waals surface area contributed by atoms with Gasteiger partial charge < -0.3 is 4.74 Å². The minimum Gasteiger partial charge on any atom is -0.378 e. The summed E-state index contributed by atoms with van der Waals surface area (Å²) in [5.41, 5.74) is 3.05. The third kappa shape index (κ3) is 3.13. The van der Waals surface area contributed by atoms with Crippen LogP contribution in [-0.2, 0) is 11.3 Å². The van der Waals surface area contributed by atoms with E-state index in [1.54, 1.807) is 5.57 Å². The monoisotopic (exact) mass is 271 g/mol. The van der Waals surface area contributed by atoms with Crippen molar-refractivity contribution < 1.29 is 4.74 Å². The van der Waals surface area contributed by atoms with Crippen molar-refractivity contribution in [2.75, 3.05) is 13.2 Å². The summed E-state index contributed by atoms with van der Waals surface area (Å²) in [5, 5.41) is 0. The first-order valence-electron chi connectivity index (χ1n) is 7.79. The lowest BCUT2D eigenvalue weighted by Crippen LogP contribution is -2.53. The van der Waals surface area contributed by atoms with Crippen molar-refractivity contribution in [1.29, 1.82) is 0 Å². The van der Waals surface area contributed by atoms with Gasteiger partial charge in [-0.2, -0.15) is 0 Å². The molecule has 1 saturated heterocycles. The van der Waals surface area contributed by atoms with E-state index in [9.17, 15) is 0 Å². The second-order valence-corrected chi connectivity index (χ2v) is 6.54. The van der Waals surface area contributed by atoms with E-state index in [0.717, 1.165) is 25.7 Å². The smallest absolute Gasteiger partial charge is 0.0658 e. The zero-order chi connectivity index (χ0) is 13.9. The molecule has 2 heteroatoms. The van der Waals surface area contributed by atoms with Crippen LogP contribution in [0.1, 0.15) is 32.3 Å². The van der Waals surface area contributed by atoms with Gasteiger partial charge in [0.2, 0.25) is 0 Å². The maximum absolute atomic E-state index is 5.77. The van der Waals surface area contributed by atoms with Crippen molar-refractivity contribution in [1.82, 2.24) is 4.90 Å². The standard InChI is InChI=1S/C18H25NO/c1-14(2)8-16-9-17-12-20-13-18(10-16)19(17)11-15-6-4-3-5-7-15/h3-7,9,14,17-18H,8,10-13H2,1-2H3. The molecule has 2 atom stereocenters. The summed E-state index contributed by atoms with van der Waals surface area (Å²) < 4.78 is 5.77. The Morgan fingerprint density at radius 1 is 1.20 bits per heavy atom. The molecule has 2 nitrogen and oxygen atoms in total. The predicted molar refractivity (Wildman–Crippen MR) is 82.5 cm³/mol. The Kier molecular flexibility index (Phi) is 4.23. The van der Waals surface area contributed by atoms with Crippen LogP contribution in [-0.4, -0.2) is 30.2 Å². The molecule has 1 aromatic carbocycles. The molecule has 2 aliphatic heterocycles. The molecule has 0 spiro atoms. The summed E-state index contributed by atoms with van der Waals surface area (Å²) in [6, 6.07) is 11.8. The highest BCUT2D eigenvalue weighted by Gasteiger charge is 2.34. The van der Waals surface area contributed by atoms with Crippen LogP contribution in [0.15, 0.2) is 42.0 Å².